The monoisotopic (exact) mass is 414 g/mol. The largest absolute Gasteiger partial charge is 0.368 e. The van der Waals surface area contributed by atoms with Gasteiger partial charge in [-0.15, -0.1) is 5.10 Å². The number of imidazole rings is 1. The SMILES string of the molecule is Nc1nc(NC2CCN(C(=O)CCC(=O)Nc3ccc4[nH]c(=O)[nH]c4n3)CC2)n[nH]1. The number of hydrogen-bond acceptors (Lipinski definition) is 8. The molecule has 158 valence electrons. The molecule has 13 heteroatoms. The molecule has 0 unspecified atom stereocenters. The second-order valence-corrected chi connectivity index (χ2v) is 7.06. The van der Waals surface area contributed by atoms with Gasteiger partial charge in [0.2, 0.25) is 23.7 Å². The van der Waals surface area contributed by atoms with E-state index in [1.165, 1.54) is 0 Å². The van der Waals surface area contributed by atoms with Crippen molar-refractivity contribution in [2.45, 2.75) is 31.7 Å². The Kier molecular flexibility index (Phi) is 5.32. The highest BCUT2D eigenvalue weighted by Crippen LogP contribution is 2.16. The van der Waals surface area contributed by atoms with Crippen LogP contribution >= 0.6 is 0 Å². The quantitative estimate of drug-likeness (QED) is 0.319. The number of aromatic amines is 3. The fraction of sp³-hybridized carbons (Fsp3) is 0.412. The summed E-state index contributed by atoms with van der Waals surface area (Å²) >= 11 is 0. The fourth-order valence-electron chi connectivity index (χ4n) is 3.36. The summed E-state index contributed by atoms with van der Waals surface area (Å²) in [6, 6.07) is 3.39. The number of fused-ring (bicyclic) bond motifs is 1. The number of aromatic nitrogens is 6. The molecule has 13 nitrogen and oxygen atoms in total. The van der Waals surface area contributed by atoms with E-state index in [1.807, 2.05) is 0 Å². The van der Waals surface area contributed by atoms with Crippen LogP contribution in [0.25, 0.3) is 11.2 Å². The average molecular weight is 414 g/mol. The Labute approximate surface area is 169 Å². The Balaban J connectivity index is 1.21. The highest BCUT2D eigenvalue weighted by atomic mass is 16.2. The summed E-state index contributed by atoms with van der Waals surface area (Å²) in [7, 11) is 0. The van der Waals surface area contributed by atoms with E-state index in [2.05, 4.69) is 40.8 Å². The summed E-state index contributed by atoms with van der Waals surface area (Å²) in [4.78, 5) is 50.9. The van der Waals surface area contributed by atoms with Crippen LogP contribution in [-0.4, -0.2) is 66.0 Å². The van der Waals surface area contributed by atoms with E-state index >= 15 is 0 Å². The van der Waals surface area contributed by atoms with Crippen LogP contribution in [0.4, 0.5) is 17.7 Å². The number of hydrogen-bond donors (Lipinski definition) is 6. The highest BCUT2D eigenvalue weighted by Gasteiger charge is 2.23. The lowest BCUT2D eigenvalue weighted by molar-refractivity contribution is -0.133. The van der Waals surface area contributed by atoms with Crippen molar-refractivity contribution in [1.82, 2.24) is 35.0 Å². The summed E-state index contributed by atoms with van der Waals surface area (Å²) in [6.45, 7) is 1.19. The first-order chi connectivity index (χ1) is 14.5. The molecule has 1 fully saturated rings. The molecule has 0 aromatic carbocycles. The lowest BCUT2D eigenvalue weighted by Gasteiger charge is -2.32. The highest BCUT2D eigenvalue weighted by molar-refractivity contribution is 5.93. The van der Waals surface area contributed by atoms with Crippen molar-refractivity contribution in [3.63, 3.8) is 0 Å². The third-order valence-corrected chi connectivity index (χ3v) is 4.89. The minimum absolute atomic E-state index is 0.0524. The zero-order valence-corrected chi connectivity index (χ0v) is 16.1. The van der Waals surface area contributed by atoms with Crippen molar-refractivity contribution in [2.75, 3.05) is 29.5 Å². The number of nitrogens with one attached hydrogen (secondary N) is 5. The number of rotatable bonds is 6. The van der Waals surface area contributed by atoms with E-state index < -0.39 is 0 Å². The zero-order valence-electron chi connectivity index (χ0n) is 16.1. The summed E-state index contributed by atoms with van der Waals surface area (Å²) < 4.78 is 0. The lowest BCUT2D eigenvalue weighted by Crippen LogP contribution is -2.42. The summed E-state index contributed by atoms with van der Waals surface area (Å²) in [5, 5.41) is 12.3. The van der Waals surface area contributed by atoms with Gasteiger partial charge < -0.3 is 26.3 Å². The van der Waals surface area contributed by atoms with Crippen molar-refractivity contribution >= 4 is 40.7 Å². The van der Waals surface area contributed by atoms with Gasteiger partial charge in [-0.25, -0.2) is 14.9 Å². The van der Waals surface area contributed by atoms with Crippen molar-refractivity contribution in [3.05, 3.63) is 22.6 Å². The van der Waals surface area contributed by atoms with Crippen LogP contribution in [0, 0.1) is 0 Å². The van der Waals surface area contributed by atoms with Crippen LogP contribution in [0.5, 0.6) is 0 Å². The Morgan fingerprint density at radius 2 is 1.97 bits per heavy atom. The number of anilines is 3. The molecular formula is C17H22N10O3. The molecule has 0 saturated carbocycles. The molecule has 30 heavy (non-hydrogen) atoms. The predicted octanol–water partition coefficient (Wildman–Crippen LogP) is -0.227. The molecular weight excluding hydrogens is 392 g/mol. The standard InChI is InChI=1S/C17H22N10O3/c18-15-24-16(26-25-15)19-9-5-7-27(8-6-9)13(29)4-3-12(28)21-11-2-1-10-14(22-11)23-17(30)20-10/h1-2,9H,3-8H2,(H4,18,19,24,25,26)(H3,20,21,22,23,28,30). The molecule has 1 aliphatic heterocycles. The second kappa shape index (κ2) is 8.23. The normalized spacial score (nSPS) is 14.7. The minimum Gasteiger partial charge on any atom is -0.368 e. The van der Waals surface area contributed by atoms with E-state index in [-0.39, 0.29) is 42.3 Å². The van der Waals surface area contributed by atoms with Crippen LogP contribution in [0.1, 0.15) is 25.7 Å². The smallest absolute Gasteiger partial charge is 0.325 e. The Morgan fingerprint density at radius 1 is 1.17 bits per heavy atom. The molecule has 0 spiro atoms. The molecule has 0 radical (unpaired) electrons. The molecule has 0 bridgehead atoms. The van der Waals surface area contributed by atoms with Crippen LogP contribution in [0.3, 0.4) is 0 Å². The lowest BCUT2D eigenvalue weighted by atomic mass is 10.0. The van der Waals surface area contributed by atoms with Gasteiger partial charge in [-0.3, -0.25) is 14.6 Å². The Bertz CT molecular complexity index is 1110. The van der Waals surface area contributed by atoms with Gasteiger partial charge in [0, 0.05) is 32.0 Å². The van der Waals surface area contributed by atoms with Crippen LogP contribution in [0.2, 0.25) is 0 Å². The van der Waals surface area contributed by atoms with Crippen LogP contribution in [0.15, 0.2) is 16.9 Å². The number of nitrogens with zero attached hydrogens (tertiary/aromatic N) is 4. The molecule has 2 amide bonds. The van der Waals surface area contributed by atoms with Crippen molar-refractivity contribution in [3.8, 4) is 0 Å². The van der Waals surface area contributed by atoms with Gasteiger partial charge in [0.05, 0.1) is 5.52 Å². The molecule has 3 aromatic rings. The van der Waals surface area contributed by atoms with Crippen LogP contribution in [-0.2, 0) is 9.59 Å². The predicted molar refractivity (Wildman–Crippen MR) is 109 cm³/mol. The number of amides is 2. The maximum atomic E-state index is 12.4. The van der Waals surface area contributed by atoms with E-state index in [0.29, 0.717) is 36.0 Å². The summed E-state index contributed by atoms with van der Waals surface area (Å²) in [5.41, 5.74) is 6.05. The number of carbonyl (C=O) groups excluding carboxylic acids is 2. The number of pyridine rings is 1. The van der Waals surface area contributed by atoms with Gasteiger partial charge in [0.1, 0.15) is 5.82 Å². The molecule has 3 aromatic heterocycles. The molecule has 0 atom stereocenters. The number of likely N-dealkylation sites (tertiary alicyclic amines) is 1. The zero-order chi connectivity index (χ0) is 21.1. The molecule has 7 N–H and O–H groups in total. The average Bonchev–Trinajstić information content (AvgIpc) is 3.30. The van der Waals surface area contributed by atoms with Gasteiger partial charge in [-0.05, 0) is 25.0 Å². The Hall–Kier alpha value is -3.90. The topological polar surface area (TPSA) is 191 Å². The van der Waals surface area contributed by atoms with Crippen LogP contribution < -0.4 is 22.1 Å². The number of H-pyrrole nitrogens is 3. The first kappa shape index (κ1) is 19.4. The van der Waals surface area contributed by atoms with Gasteiger partial charge in [-0.2, -0.15) is 4.98 Å². The molecule has 1 aliphatic rings. The Morgan fingerprint density at radius 3 is 2.70 bits per heavy atom. The number of piperidine rings is 1. The molecule has 4 heterocycles. The van der Waals surface area contributed by atoms with Gasteiger partial charge in [0.15, 0.2) is 5.65 Å². The van der Waals surface area contributed by atoms with E-state index in [1.54, 1.807) is 17.0 Å². The van der Waals surface area contributed by atoms with Gasteiger partial charge in [0.25, 0.3) is 0 Å². The third-order valence-electron chi connectivity index (χ3n) is 4.89. The summed E-state index contributed by atoms with van der Waals surface area (Å²) in [5.74, 6) is 0.634. The first-order valence-corrected chi connectivity index (χ1v) is 9.57. The first-order valence-electron chi connectivity index (χ1n) is 9.57. The van der Waals surface area contributed by atoms with Crippen molar-refractivity contribution in [2.24, 2.45) is 0 Å². The van der Waals surface area contributed by atoms with E-state index in [9.17, 15) is 14.4 Å². The number of nitrogen functional groups attached to an aromatic ring is 1. The van der Waals surface area contributed by atoms with E-state index in [0.717, 1.165) is 12.8 Å². The number of carbonyl (C=O) groups is 2. The van der Waals surface area contributed by atoms with Crippen molar-refractivity contribution < 1.29 is 9.59 Å². The number of nitrogens with two attached hydrogens (primary N) is 1. The summed E-state index contributed by atoms with van der Waals surface area (Å²) in [6.07, 6.45) is 1.68. The van der Waals surface area contributed by atoms with Gasteiger partial charge in [-0.1, -0.05) is 0 Å². The maximum absolute atomic E-state index is 12.4. The molecule has 1 saturated heterocycles. The minimum atomic E-state index is -0.365. The van der Waals surface area contributed by atoms with E-state index in [4.69, 9.17) is 5.73 Å². The maximum Gasteiger partial charge on any atom is 0.325 e. The fourth-order valence-corrected chi connectivity index (χ4v) is 3.36. The van der Waals surface area contributed by atoms with Crippen molar-refractivity contribution in [1.29, 1.82) is 0 Å². The van der Waals surface area contributed by atoms with Gasteiger partial charge >= 0.3 is 5.69 Å². The molecule has 0 aliphatic carbocycles. The molecule has 4 rings (SSSR count). The second-order valence-electron chi connectivity index (χ2n) is 7.06. The third kappa shape index (κ3) is 4.56.